The third kappa shape index (κ3) is 6.39. The van der Waals surface area contributed by atoms with Crippen LogP contribution in [0.4, 0.5) is 0 Å². The largest absolute Gasteiger partial charge is 0.311 e. The highest BCUT2D eigenvalue weighted by molar-refractivity contribution is 7.09. The second kappa shape index (κ2) is 7.34. The van der Waals surface area contributed by atoms with Crippen molar-refractivity contribution in [2.24, 2.45) is 11.3 Å². The minimum Gasteiger partial charge on any atom is -0.311 e. The van der Waals surface area contributed by atoms with E-state index in [0.717, 1.165) is 19.0 Å². The molecule has 1 aromatic rings. The monoisotopic (exact) mass is 276 g/mol. The molecule has 4 heteroatoms. The maximum absolute atomic E-state index is 4.26. The van der Waals surface area contributed by atoms with Crippen LogP contribution in [0, 0.1) is 18.3 Å². The smallest absolute Gasteiger partial charge is 0.0798 e. The topological polar surface area (TPSA) is 24.9 Å². The molecular weight excluding hydrogens is 252 g/mol. The summed E-state index contributed by atoms with van der Waals surface area (Å²) in [6.07, 6.45) is 1.27. The van der Waals surface area contributed by atoms with E-state index in [1.165, 1.54) is 17.0 Å². The van der Waals surface area contributed by atoms with Gasteiger partial charge >= 0.3 is 0 Å². The van der Waals surface area contributed by atoms with E-state index in [2.05, 4.69) is 44.9 Å². The van der Waals surface area contributed by atoms with Gasteiger partial charge in [0.25, 0.3) is 0 Å². The first-order valence-electron chi connectivity index (χ1n) is 6.00. The van der Waals surface area contributed by atoms with Gasteiger partial charge in [-0.3, -0.25) is 0 Å². The molecule has 0 fully saturated rings. The van der Waals surface area contributed by atoms with E-state index in [4.69, 9.17) is 0 Å². The Morgan fingerprint density at radius 1 is 1.41 bits per heavy atom. The molecule has 1 heterocycles. The Morgan fingerprint density at radius 3 is 2.53 bits per heavy atom. The molecule has 0 aromatic carbocycles. The van der Waals surface area contributed by atoms with Gasteiger partial charge in [0.15, 0.2) is 0 Å². The van der Waals surface area contributed by atoms with Crippen molar-refractivity contribution < 1.29 is 0 Å². The van der Waals surface area contributed by atoms with Crippen molar-refractivity contribution in [3.05, 3.63) is 16.1 Å². The fourth-order valence-corrected chi connectivity index (χ4v) is 2.93. The lowest BCUT2D eigenvalue weighted by molar-refractivity contribution is 0.273. The molecule has 0 radical (unpaired) electrons. The quantitative estimate of drug-likeness (QED) is 0.848. The zero-order valence-corrected chi connectivity index (χ0v) is 13.2. The highest BCUT2D eigenvalue weighted by Gasteiger charge is 2.18. The van der Waals surface area contributed by atoms with Gasteiger partial charge in [-0.05, 0) is 24.7 Å². The summed E-state index contributed by atoms with van der Waals surface area (Å²) < 4.78 is 0. The predicted octanol–water partition coefficient (Wildman–Crippen LogP) is 4.04. The molecule has 0 aliphatic rings. The lowest BCUT2D eigenvalue weighted by Crippen LogP contribution is -2.30. The Bertz CT molecular complexity index is 321. The summed E-state index contributed by atoms with van der Waals surface area (Å²) in [6, 6.07) is 0. The maximum Gasteiger partial charge on any atom is 0.0798 e. The maximum atomic E-state index is 4.26. The van der Waals surface area contributed by atoms with Gasteiger partial charge in [0.05, 0.1) is 11.2 Å². The zero-order valence-electron chi connectivity index (χ0n) is 11.5. The normalized spacial score (nSPS) is 11.6. The van der Waals surface area contributed by atoms with Crippen molar-refractivity contribution >= 4 is 23.7 Å². The Morgan fingerprint density at radius 2 is 2.06 bits per heavy atom. The van der Waals surface area contributed by atoms with E-state index < -0.39 is 0 Å². The number of thiazole rings is 1. The van der Waals surface area contributed by atoms with Gasteiger partial charge in [-0.1, -0.05) is 27.7 Å². The molecule has 0 aliphatic carbocycles. The third-order valence-electron chi connectivity index (χ3n) is 2.69. The second-order valence-electron chi connectivity index (χ2n) is 5.73. The standard InChI is InChI=1S/C13H24N2S.ClH/c1-10(2)6-13(4,5)8-14-7-12-11(3)15-9-16-12;/h9-10,14H,6-8H2,1-5H3;1H. The number of hydrogen-bond donors (Lipinski definition) is 1. The Kier molecular flexibility index (Phi) is 7.29. The van der Waals surface area contributed by atoms with Crippen LogP contribution in [0.25, 0.3) is 0 Å². The molecule has 100 valence electrons. The van der Waals surface area contributed by atoms with E-state index in [1.54, 1.807) is 11.3 Å². The van der Waals surface area contributed by atoms with Crippen molar-refractivity contribution in [3.8, 4) is 0 Å². The predicted molar refractivity (Wildman–Crippen MR) is 79.0 cm³/mol. The number of halogens is 1. The fraction of sp³-hybridized carbons (Fsp3) is 0.769. The zero-order chi connectivity index (χ0) is 12.2. The third-order valence-corrected chi connectivity index (χ3v) is 3.63. The van der Waals surface area contributed by atoms with Gasteiger partial charge in [0, 0.05) is 18.0 Å². The van der Waals surface area contributed by atoms with Gasteiger partial charge in [-0.25, -0.2) is 4.98 Å². The summed E-state index contributed by atoms with van der Waals surface area (Å²) in [6.45, 7) is 13.3. The molecule has 17 heavy (non-hydrogen) atoms. The van der Waals surface area contributed by atoms with E-state index in [-0.39, 0.29) is 12.4 Å². The fourth-order valence-electron chi connectivity index (χ4n) is 2.19. The lowest BCUT2D eigenvalue weighted by Gasteiger charge is -2.27. The molecule has 0 aliphatic heterocycles. The number of aryl methyl sites for hydroxylation is 1. The van der Waals surface area contributed by atoms with Crippen LogP contribution in [0.1, 0.15) is 44.7 Å². The molecule has 0 atom stereocenters. The first-order chi connectivity index (χ1) is 7.41. The van der Waals surface area contributed by atoms with Gasteiger partial charge in [0.2, 0.25) is 0 Å². The van der Waals surface area contributed by atoms with Crippen molar-refractivity contribution in [2.45, 2.75) is 47.6 Å². The number of hydrogen-bond acceptors (Lipinski definition) is 3. The molecule has 2 nitrogen and oxygen atoms in total. The SMILES string of the molecule is Cc1ncsc1CNCC(C)(C)CC(C)C.Cl. The average molecular weight is 277 g/mol. The summed E-state index contributed by atoms with van der Waals surface area (Å²) in [5.74, 6) is 0.766. The van der Waals surface area contributed by atoms with E-state index in [9.17, 15) is 0 Å². The molecule has 0 saturated heterocycles. The van der Waals surface area contributed by atoms with Gasteiger partial charge in [-0.15, -0.1) is 23.7 Å². The van der Waals surface area contributed by atoms with Crippen molar-refractivity contribution in [2.75, 3.05) is 6.54 Å². The van der Waals surface area contributed by atoms with Gasteiger partial charge < -0.3 is 5.32 Å². The number of nitrogens with one attached hydrogen (secondary N) is 1. The molecule has 0 amide bonds. The van der Waals surface area contributed by atoms with Crippen LogP contribution in [-0.2, 0) is 6.54 Å². The Hall–Kier alpha value is -0.120. The van der Waals surface area contributed by atoms with Crippen LogP contribution in [0.5, 0.6) is 0 Å². The minimum atomic E-state index is 0. The van der Waals surface area contributed by atoms with Crippen molar-refractivity contribution in [1.82, 2.24) is 10.3 Å². The van der Waals surface area contributed by atoms with E-state index >= 15 is 0 Å². The Balaban J connectivity index is 0.00000256. The van der Waals surface area contributed by atoms with Gasteiger partial charge in [-0.2, -0.15) is 0 Å². The first kappa shape index (κ1) is 16.9. The molecule has 0 unspecified atom stereocenters. The van der Waals surface area contributed by atoms with Crippen molar-refractivity contribution in [3.63, 3.8) is 0 Å². The second-order valence-corrected chi connectivity index (χ2v) is 6.67. The molecule has 1 N–H and O–H groups in total. The number of rotatable bonds is 6. The van der Waals surface area contributed by atoms with Crippen molar-refractivity contribution in [1.29, 1.82) is 0 Å². The lowest BCUT2D eigenvalue weighted by atomic mass is 9.84. The van der Waals surface area contributed by atoms with E-state index in [0.29, 0.717) is 5.41 Å². The summed E-state index contributed by atoms with van der Waals surface area (Å²) in [5.41, 5.74) is 3.47. The molecule has 0 bridgehead atoms. The summed E-state index contributed by atoms with van der Waals surface area (Å²) >= 11 is 1.74. The van der Waals surface area contributed by atoms with Gasteiger partial charge in [0.1, 0.15) is 0 Å². The Labute approximate surface area is 116 Å². The first-order valence-corrected chi connectivity index (χ1v) is 6.88. The average Bonchev–Trinajstić information content (AvgIpc) is 2.49. The van der Waals surface area contributed by atoms with Crippen LogP contribution < -0.4 is 5.32 Å². The summed E-state index contributed by atoms with van der Waals surface area (Å²) in [5, 5.41) is 3.54. The highest BCUT2D eigenvalue weighted by atomic mass is 35.5. The highest BCUT2D eigenvalue weighted by Crippen LogP contribution is 2.24. The molecule has 0 spiro atoms. The summed E-state index contributed by atoms with van der Waals surface area (Å²) in [4.78, 5) is 5.62. The van der Waals surface area contributed by atoms with Crippen LogP contribution in [0.2, 0.25) is 0 Å². The molecular formula is C13H25ClN2S. The van der Waals surface area contributed by atoms with Crippen LogP contribution in [0.15, 0.2) is 5.51 Å². The number of aromatic nitrogens is 1. The van der Waals surface area contributed by atoms with Crippen LogP contribution >= 0.6 is 23.7 Å². The van der Waals surface area contributed by atoms with Crippen LogP contribution in [-0.4, -0.2) is 11.5 Å². The molecule has 1 aromatic heterocycles. The number of nitrogens with zero attached hydrogens (tertiary/aromatic N) is 1. The van der Waals surface area contributed by atoms with Crippen LogP contribution in [0.3, 0.4) is 0 Å². The summed E-state index contributed by atoms with van der Waals surface area (Å²) in [7, 11) is 0. The molecule has 1 rings (SSSR count). The van der Waals surface area contributed by atoms with E-state index in [1.807, 2.05) is 5.51 Å². The minimum absolute atomic E-state index is 0. The molecule has 0 saturated carbocycles.